The first-order valence-corrected chi connectivity index (χ1v) is 8.51. The third-order valence-electron chi connectivity index (χ3n) is 4.40. The molecule has 1 aliphatic rings. The number of hydrogen-bond donors (Lipinski definition) is 1. The van der Waals surface area contributed by atoms with Crippen LogP contribution in [0.5, 0.6) is 0 Å². The van der Waals surface area contributed by atoms with Crippen LogP contribution in [-0.4, -0.2) is 25.8 Å². The molecule has 1 fully saturated rings. The molecule has 0 spiro atoms. The molecule has 0 bridgehead atoms. The van der Waals surface area contributed by atoms with Crippen molar-refractivity contribution >= 4 is 15.7 Å². The van der Waals surface area contributed by atoms with Crippen molar-refractivity contribution in [3.05, 3.63) is 24.3 Å². The highest BCUT2D eigenvalue weighted by atomic mass is 32.2. The van der Waals surface area contributed by atoms with Crippen molar-refractivity contribution in [1.82, 2.24) is 4.31 Å². The van der Waals surface area contributed by atoms with E-state index < -0.39 is 10.0 Å². The molecule has 1 aromatic rings. The smallest absolute Gasteiger partial charge is 0.245 e. The zero-order valence-corrected chi connectivity index (χ0v) is 13.3. The Hall–Kier alpha value is -1.07. The van der Waals surface area contributed by atoms with Crippen LogP contribution in [0, 0.1) is 5.41 Å². The van der Waals surface area contributed by atoms with Gasteiger partial charge in [-0.2, -0.15) is 4.31 Å². The van der Waals surface area contributed by atoms with Crippen molar-refractivity contribution in [1.29, 1.82) is 0 Å². The van der Waals surface area contributed by atoms with E-state index >= 15 is 0 Å². The standard InChI is InChI=1S/C15H24N2O2S/c1-15(2)10-8-12(9-11-15)17(3)20(18,19)14-7-5-4-6-13(14)16/h4-7,12H,8-11,16H2,1-3H3. The molecule has 0 heterocycles. The number of anilines is 1. The first-order valence-electron chi connectivity index (χ1n) is 7.07. The van der Waals surface area contributed by atoms with Crippen LogP contribution in [0.1, 0.15) is 39.5 Å². The minimum absolute atomic E-state index is 0.0765. The van der Waals surface area contributed by atoms with Crippen LogP contribution in [0.15, 0.2) is 29.2 Å². The van der Waals surface area contributed by atoms with Crippen molar-refractivity contribution in [2.45, 2.75) is 50.5 Å². The molecule has 0 atom stereocenters. The van der Waals surface area contributed by atoms with Crippen molar-refractivity contribution in [3.63, 3.8) is 0 Å². The van der Waals surface area contributed by atoms with Crippen molar-refractivity contribution < 1.29 is 8.42 Å². The van der Waals surface area contributed by atoms with Crippen LogP contribution < -0.4 is 5.73 Å². The molecule has 4 nitrogen and oxygen atoms in total. The molecule has 0 radical (unpaired) electrons. The fraction of sp³-hybridized carbons (Fsp3) is 0.600. The van der Waals surface area contributed by atoms with Crippen molar-refractivity contribution in [3.8, 4) is 0 Å². The molecule has 20 heavy (non-hydrogen) atoms. The van der Waals surface area contributed by atoms with Gasteiger partial charge in [-0.3, -0.25) is 0 Å². The molecule has 1 saturated carbocycles. The Kier molecular flexibility index (Phi) is 4.12. The second-order valence-corrected chi connectivity index (χ2v) is 8.42. The molecule has 0 saturated heterocycles. The lowest BCUT2D eigenvalue weighted by Crippen LogP contribution is -2.41. The zero-order valence-electron chi connectivity index (χ0n) is 12.5. The van der Waals surface area contributed by atoms with Crippen molar-refractivity contribution in [2.75, 3.05) is 12.8 Å². The summed E-state index contributed by atoms with van der Waals surface area (Å²) in [6, 6.07) is 6.74. The van der Waals surface area contributed by atoms with E-state index in [1.165, 1.54) is 4.31 Å². The number of nitrogens with zero attached hydrogens (tertiary/aromatic N) is 1. The van der Waals surface area contributed by atoms with Crippen LogP contribution >= 0.6 is 0 Å². The van der Waals surface area contributed by atoms with Crippen LogP contribution in [-0.2, 0) is 10.0 Å². The van der Waals surface area contributed by atoms with E-state index in [2.05, 4.69) is 13.8 Å². The summed E-state index contributed by atoms with van der Waals surface area (Å²) in [5, 5.41) is 0. The Bertz CT molecular complexity index is 571. The lowest BCUT2D eigenvalue weighted by atomic mass is 9.76. The normalized spacial score (nSPS) is 20.2. The summed E-state index contributed by atoms with van der Waals surface area (Å²) in [5.74, 6) is 0. The quantitative estimate of drug-likeness (QED) is 0.872. The fourth-order valence-electron chi connectivity index (χ4n) is 2.81. The van der Waals surface area contributed by atoms with Crippen LogP contribution in [0.4, 0.5) is 5.69 Å². The van der Waals surface area contributed by atoms with E-state index in [4.69, 9.17) is 5.73 Å². The monoisotopic (exact) mass is 296 g/mol. The minimum Gasteiger partial charge on any atom is -0.398 e. The molecule has 0 unspecified atom stereocenters. The fourth-order valence-corrected chi connectivity index (χ4v) is 4.34. The van der Waals surface area contributed by atoms with E-state index in [1.54, 1.807) is 31.3 Å². The van der Waals surface area contributed by atoms with Gasteiger partial charge in [-0.05, 0) is 43.2 Å². The van der Waals surface area contributed by atoms with Gasteiger partial charge in [0, 0.05) is 13.1 Å². The Labute approximate surface area is 122 Å². The number of nitrogen functional groups attached to an aromatic ring is 1. The van der Waals surface area contributed by atoms with E-state index in [0.717, 1.165) is 25.7 Å². The first kappa shape index (κ1) is 15.3. The van der Waals surface area contributed by atoms with Gasteiger partial charge >= 0.3 is 0 Å². The van der Waals surface area contributed by atoms with Crippen molar-refractivity contribution in [2.24, 2.45) is 5.41 Å². The van der Waals surface area contributed by atoms with Gasteiger partial charge in [0.25, 0.3) is 0 Å². The predicted octanol–water partition coefficient (Wildman–Crippen LogP) is 2.86. The third kappa shape index (κ3) is 2.99. The summed E-state index contributed by atoms with van der Waals surface area (Å²) in [6.07, 6.45) is 3.94. The number of hydrogen-bond acceptors (Lipinski definition) is 3. The predicted molar refractivity (Wildman–Crippen MR) is 81.8 cm³/mol. The molecule has 1 aromatic carbocycles. The Morgan fingerprint density at radius 2 is 1.75 bits per heavy atom. The number of benzene rings is 1. The Balaban J connectivity index is 2.21. The van der Waals surface area contributed by atoms with E-state index in [1.807, 2.05) is 0 Å². The average Bonchev–Trinajstić information content (AvgIpc) is 2.38. The number of rotatable bonds is 3. The van der Waals surface area contributed by atoms with Gasteiger partial charge in [-0.1, -0.05) is 26.0 Å². The second kappa shape index (κ2) is 5.37. The second-order valence-electron chi connectivity index (χ2n) is 6.45. The Morgan fingerprint density at radius 1 is 1.20 bits per heavy atom. The highest BCUT2D eigenvalue weighted by molar-refractivity contribution is 7.89. The summed E-state index contributed by atoms with van der Waals surface area (Å²) >= 11 is 0. The first-order chi connectivity index (χ1) is 9.24. The molecular weight excluding hydrogens is 272 g/mol. The largest absolute Gasteiger partial charge is 0.398 e. The lowest BCUT2D eigenvalue weighted by molar-refractivity contribution is 0.174. The molecule has 2 rings (SSSR count). The lowest BCUT2D eigenvalue weighted by Gasteiger charge is -2.38. The number of nitrogens with two attached hydrogens (primary N) is 1. The molecule has 112 valence electrons. The number of sulfonamides is 1. The molecule has 5 heteroatoms. The summed E-state index contributed by atoms with van der Waals surface area (Å²) in [7, 11) is -1.83. The maximum absolute atomic E-state index is 12.7. The van der Waals surface area contributed by atoms with Gasteiger partial charge in [-0.25, -0.2) is 8.42 Å². The summed E-state index contributed by atoms with van der Waals surface area (Å²) < 4.78 is 26.8. The molecular formula is C15H24N2O2S. The van der Waals surface area contributed by atoms with Gasteiger partial charge in [0.15, 0.2) is 0 Å². The average molecular weight is 296 g/mol. The summed E-state index contributed by atoms with van der Waals surface area (Å²) in [4.78, 5) is 0.215. The molecule has 2 N–H and O–H groups in total. The molecule has 1 aliphatic carbocycles. The van der Waals surface area contributed by atoms with E-state index in [-0.39, 0.29) is 10.9 Å². The van der Waals surface area contributed by atoms with Gasteiger partial charge in [-0.15, -0.1) is 0 Å². The zero-order chi connectivity index (χ0) is 15.0. The highest BCUT2D eigenvalue weighted by Crippen LogP contribution is 2.38. The topological polar surface area (TPSA) is 63.4 Å². The third-order valence-corrected chi connectivity index (χ3v) is 6.38. The highest BCUT2D eigenvalue weighted by Gasteiger charge is 2.34. The maximum Gasteiger partial charge on any atom is 0.245 e. The van der Waals surface area contributed by atoms with Gasteiger partial charge in [0.2, 0.25) is 10.0 Å². The van der Waals surface area contributed by atoms with Gasteiger partial charge < -0.3 is 5.73 Å². The van der Waals surface area contributed by atoms with Crippen LogP contribution in [0.25, 0.3) is 0 Å². The molecule has 0 aliphatic heterocycles. The van der Waals surface area contributed by atoms with Gasteiger partial charge in [0.05, 0.1) is 5.69 Å². The maximum atomic E-state index is 12.7. The van der Waals surface area contributed by atoms with Gasteiger partial charge in [0.1, 0.15) is 4.90 Å². The minimum atomic E-state index is -3.50. The summed E-state index contributed by atoms with van der Waals surface area (Å²) in [5.41, 5.74) is 6.45. The SMILES string of the molecule is CN(C1CCC(C)(C)CC1)S(=O)(=O)c1ccccc1N. The van der Waals surface area contributed by atoms with Crippen LogP contribution in [0.3, 0.4) is 0 Å². The number of para-hydroxylation sites is 1. The van der Waals surface area contributed by atoms with E-state index in [0.29, 0.717) is 11.1 Å². The summed E-state index contributed by atoms with van der Waals surface area (Å²) in [6.45, 7) is 4.49. The molecule has 0 aromatic heterocycles. The Morgan fingerprint density at radius 3 is 2.30 bits per heavy atom. The molecule has 0 amide bonds. The van der Waals surface area contributed by atoms with Crippen LogP contribution in [0.2, 0.25) is 0 Å². The van der Waals surface area contributed by atoms with E-state index in [9.17, 15) is 8.42 Å².